The lowest BCUT2D eigenvalue weighted by Crippen LogP contribution is -2.61. The molecule has 2 nitrogen and oxygen atoms in total. The van der Waals surface area contributed by atoms with Gasteiger partial charge in [-0.15, -0.1) is 0 Å². The van der Waals surface area contributed by atoms with Crippen LogP contribution in [-0.2, 0) is 4.79 Å². The maximum absolute atomic E-state index is 12.6. The molecule has 0 heterocycles. The highest BCUT2D eigenvalue weighted by Crippen LogP contribution is 2.74. The van der Waals surface area contributed by atoms with E-state index in [2.05, 4.69) is 27.7 Å². The van der Waals surface area contributed by atoms with Gasteiger partial charge in [0.2, 0.25) is 0 Å². The van der Waals surface area contributed by atoms with Gasteiger partial charge in [0, 0.05) is 5.41 Å². The Bertz CT molecular complexity index is 574. The molecule has 3 saturated carbocycles. The molecule has 1 N–H and O–H groups in total. The van der Waals surface area contributed by atoms with Crippen LogP contribution in [0.5, 0.6) is 0 Å². The number of carbonyl (C=O) groups is 1. The summed E-state index contributed by atoms with van der Waals surface area (Å²) in [6, 6.07) is 0. The van der Waals surface area contributed by atoms with E-state index in [9.17, 15) is 9.90 Å². The van der Waals surface area contributed by atoms with Gasteiger partial charge in [-0.05, 0) is 66.8 Å². The van der Waals surface area contributed by atoms with Crippen molar-refractivity contribution < 1.29 is 9.90 Å². The van der Waals surface area contributed by atoms with E-state index in [4.69, 9.17) is 0 Å². The summed E-state index contributed by atoms with van der Waals surface area (Å²) in [5, 5.41) is 11.0. The van der Waals surface area contributed by atoms with Gasteiger partial charge in [-0.1, -0.05) is 39.7 Å². The molecular formula is C20H30O2. The minimum Gasteiger partial charge on any atom is -0.392 e. The summed E-state index contributed by atoms with van der Waals surface area (Å²) in [6.45, 7) is 9.32. The summed E-state index contributed by atoms with van der Waals surface area (Å²) < 4.78 is 0. The van der Waals surface area contributed by atoms with Gasteiger partial charge in [0.1, 0.15) is 0 Å². The minimum absolute atomic E-state index is 0.138. The summed E-state index contributed by atoms with van der Waals surface area (Å²) in [4.78, 5) is 12.6. The maximum atomic E-state index is 12.6. The molecule has 4 aliphatic carbocycles. The molecule has 0 aliphatic heterocycles. The van der Waals surface area contributed by atoms with Crippen molar-refractivity contribution in [3.8, 4) is 0 Å². The lowest BCUT2D eigenvalue weighted by Gasteiger charge is -2.65. The number of ketones is 1. The molecule has 122 valence electrons. The van der Waals surface area contributed by atoms with Crippen LogP contribution in [0.15, 0.2) is 11.6 Å². The topological polar surface area (TPSA) is 37.3 Å². The fraction of sp³-hybridized carbons (Fsp3) is 0.850. The largest absolute Gasteiger partial charge is 0.392 e. The molecule has 0 unspecified atom stereocenters. The smallest absolute Gasteiger partial charge is 0.161 e. The number of allylic oxidation sites excluding steroid dienone is 1. The quantitative estimate of drug-likeness (QED) is 0.725. The molecular weight excluding hydrogens is 272 g/mol. The zero-order valence-electron chi connectivity index (χ0n) is 14.5. The lowest BCUT2D eigenvalue weighted by atomic mass is 9.40. The molecule has 2 bridgehead atoms. The number of carbonyl (C=O) groups excluding carboxylic acids is 1. The van der Waals surface area contributed by atoms with Crippen molar-refractivity contribution in [3.05, 3.63) is 11.6 Å². The second-order valence-electron chi connectivity index (χ2n) is 9.86. The zero-order chi connectivity index (χ0) is 16.0. The summed E-state index contributed by atoms with van der Waals surface area (Å²) in [7, 11) is 0. The molecule has 22 heavy (non-hydrogen) atoms. The van der Waals surface area contributed by atoms with Gasteiger partial charge in [0.25, 0.3) is 0 Å². The van der Waals surface area contributed by atoms with Crippen molar-refractivity contribution in [1.82, 2.24) is 0 Å². The standard InChI is InChI=1S/C20H30O2/c1-17(2)6-5-7-19(4)16(17)14(21)10-13-11-15(22)18(3)8-9-20(13,19)12-18/h11,14,16,21H,5-10,12H2,1-4H3/t14-,16-,18-,19-,20-/m0/s1. The Labute approximate surface area is 134 Å². The van der Waals surface area contributed by atoms with Gasteiger partial charge in [0.05, 0.1) is 6.10 Å². The molecule has 0 aromatic carbocycles. The number of hydrogen-bond donors (Lipinski definition) is 1. The first kappa shape index (κ1) is 14.9. The zero-order valence-corrected chi connectivity index (χ0v) is 14.5. The van der Waals surface area contributed by atoms with Crippen LogP contribution in [0.2, 0.25) is 0 Å². The number of aliphatic hydroxyl groups excluding tert-OH is 1. The second-order valence-corrected chi connectivity index (χ2v) is 9.86. The predicted molar refractivity (Wildman–Crippen MR) is 87.3 cm³/mol. The van der Waals surface area contributed by atoms with E-state index in [-0.39, 0.29) is 27.8 Å². The van der Waals surface area contributed by atoms with E-state index in [0.29, 0.717) is 11.7 Å². The first-order valence-electron chi connectivity index (χ1n) is 9.08. The Balaban J connectivity index is 1.90. The van der Waals surface area contributed by atoms with Crippen molar-refractivity contribution in [1.29, 1.82) is 0 Å². The fourth-order valence-electron chi connectivity index (χ4n) is 7.31. The first-order valence-corrected chi connectivity index (χ1v) is 9.08. The van der Waals surface area contributed by atoms with E-state index in [0.717, 1.165) is 25.7 Å². The number of fused-ring (bicyclic) bond motifs is 2. The van der Waals surface area contributed by atoms with Gasteiger partial charge in [0.15, 0.2) is 5.78 Å². The molecule has 1 spiro atoms. The monoisotopic (exact) mass is 302 g/mol. The normalized spacial score (nSPS) is 52.8. The lowest BCUT2D eigenvalue weighted by molar-refractivity contribution is -0.160. The molecule has 2 heteroatoms. The third-order valence-corrected chi connectivity index (χ3v) is 8.26. The van der Waals surface area contributed by atoms with Crippen molar-refractivity contribution >= 4 is 5.78 Å². The van der Waals surface area contributed by atoms with Gasteiger partial charge < -0.3 is 5.11 Å². The second kappa shape index (κ2) is 4.06. The Hall–Kier alpha value is -0.630. The number of rotatable bonds is 0. The maximum Gasteiger partial charge on any atom is 0.161 e. The molecule has 0 saturated heterocycles. The molecule has 0 aromatic rings. The average Bonchev–Trinajstić information content (AvgIpc) is 2.71. The summed E-state index contributed by atoms with van der Waals surface area (Å²) in [6.07, 6.45) is 9.29. The first-order chi connectivity index (χ1) is 10.1. The molecule has 4 rings (SSSR count). The fourth-order valence-corrected chi connectivity index (χ4v) is 7.31. The van der Waals surface area contributed by atoms with E-state index in [1.165, 1.54) is 24.8 Å². The highest BCUT2D eigenvalue weighted by Gasteiger charge is 2.68. The molecule has 4 aliphatic rings. The van der Waals surface area contributed by atoms with Crippen LogP contribution in [0.4, 0.5) is 0 Å². The summed E-state index contributed by atoms with van der Waals surface area (Å²) in [5.41, 5.74) is 1.68. The Morgan fingerprint density at radius 3 is 2.55 bits per heavy atom. The van der Waals surface area contributed by atoms with Crippen LogP contribution in [-0.4, -0.2) is 17.0 Å². The number of hydrogen-bond acceptors (Lipinski definition) is 2. The van der Waals surface area contributed by atoms with Crippen molar-refractivity contribution in [2.24, 2.45) is 27.6 Å². The summed E-state index contributed by atoms with van der Waals surface area (Å²) >= 11 is 0. The van der Waals surface area contributed by atoms with Crippen molar-refractivity contribution in [2.75, 3.05) is 0 Å². The van der Waals surface area contributed by atoms with Crippen LogP contribution in [0.3, 0.4) is 0 Å². The highest BCUT2D eigenvalue weighted by molar-refractivity contribution is 5.97. The van der Waals surface area contributed by atoms with Gasteiger partial charge in [-0.2, -0.15) is 0 Å². The van der Waals surface area contributed by atoms with Crippen LogP contribution >= 0.6 is 0 Å². The highest BCUT2D eigenvalue weighted by atomic mass is 16.3. The Morgan fingerprint density at radius 1 is 1.09 bits per heavy atom. The van der Waals surface area contributed by atoms with Crippen LogP contribution in [0, 0.1) is 27.6 Å². The molecule has 3 fully saturated rings. The molecule has 0 amide bonds. The Morgan fingerprint density at radius 2 is 1.82 bits per heavy atom. The summed E-state index contributed by atoms with van der Waals surface area (Å²) in [5.74, 6) is 0.682. The van der Waals surface area contributed by atoms with Crippen molar-refractivity contribution in [3.63, 3.8) is 0 Å². The molecule has 0 radical (unpaired) electrons. The van der Waals surface area contributed by atoms with Crippen molar-refractivity contribution in [2.45, 2.75) is 78.7 Å². The SMILES string of the molecule is CC1(C)CCC[C@@]2(C)[C@H]1[C@@H](O)CC1=CC(=O)[C@@]3(C)CC[C@]12C3. The van der Waals surface area contributed by atoms with Gasteiger partial charge >= 0.3 is 0 Å². The van der Waals surface area contributed by atoms with E-state index in [1.807, 2.05) is 6.08 Å². The average molecular weight is 302 g/mol. The minimum atomic E-state index is -0.282. The Kier molecular flexibility index (Phi) is 2.76. The van der Waals surface area contributed by atoms with E-state index >= 15 is 0 Å². The predicted octanol–water partition coefficient (Wildman–Crippen LogP) is 4.27. The third kappa shape index (κ3) is 1.53. The molecule has 5 atom stereocenters. The van der Waals surface area contributed by atoms with E-state index < -0.39 is 0 Å². The van der Waals surface area contributed by atoms with Crippen LogP contribution in [0.25, 0.3) is 0 Å². The van der Waals surface area contributed by atoms with Crippen LogP contribution in [0.1, 0.15) is 72.6 Å². The third-order valence-electron chi connectivity index (χ3n) is 8.26. The number of aliphatic hydroxyl groups is 1. The van der Waals surface area contributed by atoms with E-state index in [1.54, 1.807) is 0 Å². The molecule has 0 aromatic heterocycles. The van der Waals surface area contributed by atoms with Gasteiger partial charge in [-0.25, -0.2) is 0 Å². The van der Waals surface area contributed by atoms with Gasteiger partial charge in [-0.3, -0.25) is 4.79 Å². The van der Waals surface area contributed by atoms with Crippen LogP contribution < -0.4 is 0 Å².